The predicted octanol–water partition coefficient (Wildman–Crippen LogP) is 2.28. The lowest BCUT2D eigenvalue weighted by Gasteiger charge is -2.11. The number of hydrogen-bond acceptors (Lipinski definition) is 3. The number of ether oxygens (including phenoxy) is 1. The monoisotopic (exact) mass is 288 g/mol. The molecule has 0 aliphatic carbocycles. The molecule has 0 saturated heterocycles. The molecule has 1 amide bonds. The van der Waals surface area contributed by atoms with Crippen LogP contribution in [0.2, 0.25) is 0 Å². The summed E-state index contributed by atoms with van der Waals surface area (Å²) in [5.41, 5.74) is 12.7. The van der Waals surface area contributed by atoms with E-state index in [2.05, 4.69) is 0 Å². The van der Waals surface area contributed by atoms with E-state index in [-0.39, 0.29) is 12.2 Å². The summed E-state index contributed by atoms with van der Waals surface area (Å²) in [6, 6.07) is 12.9. The van der Waals surface area contributed by atoms with Crippen LogP contribution in [0, 0.1) is 5.82 Å². The van der Waals surface area contributed by atoms with Crippen LogP contribution in [0.3, 0.4) is 0 Å². The SMILES string of the molecule is NC(=O)CC(N)c1ccc(OCc2ccc(F)cc2)cc1. The molecule has 2 aromatic rings. The van der Waals surface area contributed by atoms with Crippen molar-refractivity contribution in [1.82, 2.24) is 0 Å². The smallest absolute Gasteiger partial charge is 0.219 e. The van der Waals surface area contributed by atoms with Gasteiger partial charge in [-0.3, -0.25) is 4.79 Å². The number of carbonyl (C=O) groups excluding carboxylic acids is 1. The molecule has 2 aromatic carbocycles. The second-order valence-electron chi connectivity index (χ2n) is 4.76. The van der Waals surface area contributed by atoms with Crippen LogP contribution in [0.5, 0.6) is 5.75 Å². The van der Waals surface area contributed by atoms with Crippen LogP contribution in [-0.4, -0.2) is 5.91 Å². The Morgan fingerprint density at radius 3 is 2.29 bits per heavy atom. The summed E-state index contributed by atoms with van der Waals surface area (Å²) >= 11 is 0. The van der Waals surface area contributed by atoms with Crippen LogP contribution in [0.25, 0.3) is 0 Å². The van der Waals surface area contributed by atoms with Crippen LogP contribution in [0.4, 0.5) is 4.39 Å². The number of nitrogens with two attached hydrogens (primary N) is 2. The molecule has 0 aliphatic rings. The average Bonchev–Trinajstić information content (AvgIpc) is 2.46. The Balaban J connectivity index is 1.93. The minimum absolute atomic E-state index is 0.107. The van der Waals surface area contributed by atoms with Crippen molar-refractivity contribution in [3.05, 3.63) is 65.5 Å². The largest absolute Gasteiger partial charge is 0.489 e. The highest BCUT2D eigenvalue weighted by Crippen LogP contribution is 2.19. The maximum absolute atomic E-state index is 12.8. The number of halogens is 1. The summed E-state index contributed by atoms with van der Waals surface area (Å²) in [6.45, 7) is 0.354. The topological polar surface area (TPSA) is 78.3 Å². The number of carbonyl (C=O) groups is 1. The van der Waals surface area contributed by atoms with Gasteiger partial charge in [0.2, 0.25) is 5.91 Å². The molecule has 2 rings (SSSR count). The Labute approximate surface area is 122 Å². The van der Waals surface area contributed by atoms with Crippen molar-refractivity contribution in [1.29, 1.82) is 0 Å². The Morgan fingerprint density at radius 2 is 1.71 bits per heavy atom. The standard InChI is InChI=1S/C16H17FN2O2/c17-13-5-1-11(2-6-13)10-21-14-7-3-12(4-8-14)15(18)9-16(19)20/h1-8,15H,9-10,18H2,(H2,19,20). The quantitative estimate of drug-likeness (QED) is 0.856. The zero-order valence-electron chi connectivity index (χ0n) is 11.5. The van der Waals surface area contributed by atoms with Gasteiger partial charge in [-0.1, -0.05) is 24.3 Å². The normalized spacial score (nSPS) is 11.9. The summed E-state index contributed by atoms with van der Waals surface area (Å²) in [6.07, 6.45) is 0.107. The van der Waals surface area contributed by atoms with E-state index in [0.717, 1.165) is 11.1 Å². The number of primary amides is 1. The molecule has 0 spiro atoms. The third-order valence-electron chi connectivity index (χ3n) is 3.05. The highest BCUT2D eigenvalue weighted by molar-refractivity contribution is 5.74. The zero-order chi connectivity index (χ0) is 15.2. The highest BCUT2D eigenvalue weighted by atomic mass is 19.1. The molecule has 0 bridgehead atoms. The van der Waals surface area contributed by atoms with Crippen LogP contribution in [-0.2, 0) is 11.4 Å². The van der Waals surface area contributed by atoms with Gasteiger partial charge in [-0.2, -0.15) is 0 Å². The van der Waals surface area contributed by atoms with Gasteiger partial charge in [0.1, 0.15) is 18.2 Å². The fraction of sp³-hybridized carbons (Fsp3) is 0.188. The average molecular weight is 288 g/mol. The lowest BCUT2D eigenvalue weighted by Crippen LogP contribution is -2.20. The van der Waals surface area contributed by atoms with Gasteiger partial charge < -0.3 is 16.2 Å². The summed E-state index contributed by atoms with van der Waals surface area (Å²) in [5, 5.41) is 0. The van der Waals surface area contributed by atoms with Crippen LogP contribution < -0.4 is 16.2 Å². The molecular formula is C16H17FN2O2. The minimum Gasteiger partial charge on any atom is -0.489 e. The Morgan fingerprint density at radius 1 is 1.10 bits per heavy atom. The maximum atomic E-state index is 12.8. The van der Waals surface area contributed by atoms with Crippen molar-refractivity contribution >= 4 is 5.91 Å². The molecule has 0 saturated carbocycles. The summed E-state index contributed by atoms with van der Waals surface area (Å²) < 4.78 is 18.4. The Hall–Kier alpha value is -2.40. The Bertz CT molecular complexity index is 597. The minimum atomic E-state index is -0.431. The third-order valence-corrected chi connectivity index (χ3v) is 3.05. The second-order valence-corrected chi connectivity index (χ2v) is 4.76. The summed E-state index contributed by atoms with van der Waals surface area (Å²) in [5.74, 6) is -0.0278. The van der Waals surface area contributed by atoms with Crippen LogP contribution >= 0.6 is 0 Å². The van der Waals surface area contributed by atoms with Gasteiger partial charge in [-0.25, -0.2) is 4.39 Å². The number of hydrogen-bond donors (Lipinski definition) is 2. The first kappa shape index (κ1) is 15.0. The first-order chi connectivity index (χ1) is 10.0. The van der Waals surface area contributed by atoms with Gasteiger partial charge in [0.05, 0.1) is 0 Å². The lowest BCUT2D eigenvalue weighted by molar-refractivity contribution is -0.118. The van der Waals surface area contributed by atoms with Gasteiger partial charge in [0.25, 0.3) is 0 Å². The van der Waals surface area contributed by atoms with E-state index in [9.17, 15) is 9.18 Å². The number of rotatable bonds is 6. The van der Waals surface area contributed by atoms with Crippen LogP contribution in [0.15, 0.2) is 48.5 Å². The van der Waals surface area contributed by atoms with Crippen molar-refractivity contribution in [2.75, 3.05) is 0 Å². The predicted molar refractivity (Wildman–Crippen MR) is 77.9 cm³/mol. The molecule has 0 aliphatic heterocycles. The first-order valence-electron chi connectivity index (χ1n) is 6.55. The van der Waals surface area contributed by atoms with Crippen molar-refractivity contribution < 1.29 is 13.9 Å². The summed E-state index contributed by atoms with van der Waals surface area (Å²) in [7, 11) is 0. The van der Waals surface area contributed by atoms with E-state index in [1.165, 1.54) is 12.1 Å². The molecule has 0 radical (unpaired) electrons. The van der Waals surface area contributed by atoms with Crippen molar-refractivity contribution in [2.45, 2.75) is 19.1 Å². The fourth-order valence-electron chi connectivity index (χ4n) is 1.89. The van der Waals surface area contributed by atoms with E-state index in [1.807, 2.05) is 0 Å². The molecule has 0 aromatic heterocycles. The van der Waals surface area contributed by atoms with Crippen LogP contribution in [0.1, 0.15) is 23.6 Å². The van der Waals surface area contributed by atoms with E-state index in [0.29, 0.717) is 12.4 Å². The molecule has 4 N–H and O–H groups in total. The lowest BCUT2D eigenvalue weighted by atomic mass is 10.0. The van der Waals surface area contributed by atoms with E-state index < -0.39 is 11.9 Å². The van der Waals surface area contributed by atoms with E-state index >= 15 is 0 Å². The molecule has 0 heterocycles. The molecule has 4 nitrogen and oxygen atoms in total. The third kappa shape index (κ3) is 4.57. The highest BCUT2D eigenvalue weighted by Gasteiger charge is 2.09. The maximum Gasteiger partial charge on any atom is 0.219 e. The second kappa shape index (κ2) is 6.85. The van der Waals surface area contributed by atoms with E-state index in [4.69, 9.17) is 16.2 Å². The molecule has 21 heavy (non-hydrogen) atoms. The molecule has 1 unspecified atom stereocenters. The van der Waals surface area contributed by atoms with Gasteiger partial charge in [-0.05, 0) is 35.4 Å². The molecule has 1 atom stereocenters. The summed E-state index contributed by atoms with van der Waals surface area (Å²) in [4.78, 5) is 10.8. The number of benzene rings is 2. The van der Waals surface area contributed by atoms with Crippen molar-refractivity contribution in [3.8, 4) is 5.75 Å². The Kier molecular flexibility index (Phi) is 4.90. The zero-order valence-corrected chi connectivity index (χ0v) is 11.5. The molecule has 0 fully saturated rings. The number of amides is 1. The fourth-order valence-corrected chi connectivity index (χ4v) is 1.89. The van der Waals surface area contributed by atoms with E-state index in [1.54, 1.807) is 36.4 Å². The molecule has 110 valence electrons. The van der Waals surface area contributed by atoms with Gasteiger partial charge in [0.15, 0.2) is 0 Å². The van der Waals surface area contributed by atoms with Gasteiger partial charge in [0, 0.05) is 12.5 Å². The molecular weight excluding hydrogens is 271 g/mol. The van der Waals surface area contributed by atoms with Gasteiger partial charge >= 0.3 is 0 Å². The van der Waals surface area contributed by atoms with Gasteiger partial charge in [-0.15, -0.1) is 0 Å². The van der Waals surface area contributed by atoms with Crippen molar-refractivity contribution in [3.63, 3.8) is 0 Å². The first-order valence-corrected chi connectivity index (χ1v) is 6.55. The van der Waals surface area contributed by atoms with Crippen molar-refractivity contribution in [2.24, 2.45) is 11.5 Å². The molecule has 5 heteroatoms.